The molecule has 0 saturated heterocycles. The fourth-order valence-corrected chi connectivity index (χ4v) is 5.92. The molecule has 26 heavy (non-hydrogen) atoms. The highest BCUT2D eigenvalue weighted by atomic mass is 32.1. The summed E-state index contributed by atoms with van der Waals surface area (Å²) >= 11 is 1.62. The van der Waals surface area contributed by atoms with Gasteiger partial charge in [-0.3, -0.25) is 4.79 Å². The lowest BCUT2D eigenvalue weighted by atomic mass is 9.78. The number of fused-ring (bicyclic) bond motifs is 1. The molecule has 2 aliphatic carbocycles. The van der Waals surface area contributed by atoms with Gasteiger partial charge < -0.3 is 5.32 Å². The Balaban J connectivity index is 1.67. The quantitative estimate of drug-likeness (QED) is 0.814. The van der Waals surface area contributed by atoms with Crippen molar-refractivity contribution in [3.05, 3.63) is 51.9 Å². The van der Waals surface area contributed by atoms with Crippen molar-refractivity contribution in [1.82, 2.24) is 0 Å². The molecule has 1 saturated carbocycles. The minimum absolute atomic E-state index is 0.0596. The Morgan fingerprint density at radius 2 is 2.00 bits per heavy atom. The van der Waals surface area contributed by atoms with Crippen molar-refractivity contribution in [3.63, 3.8) is 0 Å². The minimum atomic E-state index is -0.453. The third-order valence-electron chi connectivity index (χ3n) is 6.07. The summed E-state index contributed by atoms with van der Waals surface area (Å²) in [5, 5.41) is 13.6. The molecular weight excluding hydrogens is 340 g/mol. The lowest BCUT2D eigenvalue weighted by molar-refractivity contribution is -0.121. The molecule has 3 nitrogen and oxygen atoms in total. The second-order valence-electron chi connectivity index (χ2n) is 7.78. The topological polar surface area (TPSA) is 52.9 Å². The van der Waals surface area contributed by atoms with Gasteiger partial charge in [0.2, 0.25) is 5.91 Å². The molecule has 4 rings (SSSR count). The second kappa shape index (κ2) is 6.89. The number of hydrogen-bond donors (Lipinski definition) is 1. The van der Waals surface area contributed by atoms with Gasteiger partial charge >= 0.3 is 0 Å². The molecule has 2 aliphatic rings. The van der Waals surface area contributed by atoms with Crippen LogP contribution in [0.5, 0.6) is 0 Å². The van der Waals surface area contributed by atoms with E-state index in [9.17, 15) is 10.1 Å². The first-order valence-corrected chi connectivity index (χ1v) is 10.4. The predicted octanol–water partition coefficient (Wildman–Crippen LogP) is 5.20. The first-order chi connectivity index (χ1) is 12.6. The number of nitrogens with one attached hydrogen (secondary N) is 1. The zero-order valence-corrected chi connectivity index (χ0v) is 16.0. The number of thiophene rings is 1. The summed E-state index contributed by atoms with van der Waals surface area (Å²) < 4.78 is 0. The summed E-state index contributed by atoms with van der Waals surface area (Å²) in [6.07, 6.45) is 7.02. The molecule has 2 aromatic rings. The maximum atomic E-state index is 13.4. The molecule has 1 aromatic heterocycles. The van der Waals surface area contributed by atoms with E-state index in [1.165, 1.54) is 10.4 Å². The van der Waals surface area contributed by atoms with Crippen LogP contribution in [-0.4, -0.2) is 5.91 Å². The van der Waals surface area contributed by atoms with E-state index in [2.05, 4.69) is 30.4 Å². The molecule has 1 atom stereocenters. The van der Waals surface area contributed by atoms with Gasteiger partial charge in [0, 0.05) is 4.88 Å². The molecule has 0 aliphatic heterocycles. The van der Waals surface area contributed by atoms with Crippen molar-refractivity contribution in [3.8, 4) is 6.07 Å². The van der Waals surface area contributed by atoms with E-state index in [-0.39, 0.29) is 5.91 Å². The maximum absolute atomic E-state index is 13.4. The molecule has 0 bridgehead atoms. The highest BCUT2D eigenvalue weighted by Crippen LogP contribution is 2.44. The lowest BCUT2D eigenvalue weighted by Gasteiger charge is -2.28. The highest BCUT2D eigenvalue weighted by molar-refractivity contribution is 7.16. The van der Waals surface area contributed by atoms with Crippen LogP contribution >= 0.6 is 11.3 Å². The number of hydrogen-bond acceptors (Lipinski definition) is 3. The molecular formula is C22H24N2OS. The third kappa shape index (κ3) is 2.85. The zero-order chi connectivity index (χ0) is 18.1. The van der Waals surface area contributed by atoms with Gasteiger partial charge in [0.15, 0.2) is 0 Å². The molecule has 0 radical (unpaired) electrons. The zero-order valence-electron chi connectivity index (χ0n) is 15.2. The summed E-state index contributed by atoms with van der Waals surface area (Å²) in [5.74, 6) is 0.714. The van der Waals surface area contributed by atoms with Crippen LogP contribution in [0.1, 0.15) is 60.6 Å². The monoisotopic (exact) mass is 364 g/mol. The van der Waals surface area contributed by atoms with Crippen LogP contribution in [0.2, 0.25) is 0 Å². The number of nitrogens with zero attached hydrogens (tertiary/aromatic N) is 1. The molecule has 134 valence electrons. The summed E-state index contributed by atoms with van der Waals surface area (Å²) in [6.45, 7) is 2.26. The largest absolute Gasteiger partial charge is 0.316 e. The van der Waals surface area contributed by atoms with E-state index in [0.717, 1.165) is 55.5 Å². The van der Waals surface area contributed by atoms with Gasteiger partial charge in [-0.1, -0.05) is 50.1 Å². The summed E-state index contributed by atoms with van der Waals surface area (Å²) in [4.78, 5) is 14.7. The summed E-state index contributed by atoms with van der Waals surface area (Å²) in [5.41, 5.74) is 2.52. The highest BCUT2D eigenvalue weighted by Gasteiger charge is 2.43. The molecule has 1 fully saturated rings. The number of rotatable bonds is 3. The van der Waals surface area contributed by atoms with Crippen LogP contribution in [0.25, 0.3) is 0 Å². The normalized spacial score (nSPS) is 21.0. The summed E-state index contributed by atoms with van der Waals surface area (Å²) in [6, 6.07) is 12.5. The van der Waals surface area contributed by atoms with Crippen molar-refractivity contribution in [2.75, 3.05) is 5.32 Å². The number of nitriles is 1. The van der Waals surface area contributed by atoms with Gasteiger partial charge in [-0.25, -0.2) is 0 Å². The van der Waals surface area contributed by atoms with Gasteiger partial charge in [0.1, 0.15) is 11.1 Å². The van der Waals surface area contributed by atoms with E-state index < -0.39 is 5.41 Å². The van der Waals surface area contributed by atoms with Crippen molar-refractivity contribution in [1.29, 1.82) is 5.26 Å². The van der Waals surface area contributed by atoms with Gasteiger partial charge in [-0.05, 0) is 49.1 Å². The standard InChI is InChI=1S/C22H24N2OS/c1-15-9-10-17-18(14-23)20(26-19(17)13-15)24-21(25)22(11-5-6-12-22)16-7-3-2-4-8-16/h2-4,7-8,15H,5-6,9-13H2,1H3,(H,24,25)/t15-/m1/s1. The van der Waals surface area contributed by atoms with Gasteiger partial charge in [0.25, 0.3) is 0 Å². The molecule has 1 amide bonds. The molecule has 1 heterocycles. The average molecular weight is 365 g/mol. The first kappa shape index (κ1) is 17.3. The van der Waals surface area contributed by atoms with E-state index in [1.54, 1.807) is 11.3 Å². The molecule has 4 heteroatoms. The Kier molecular flexibility index (Phi) is 4.58. The molecule has 1 N–H and O–H groups in total. The second-order valence-corrected chi connectivity index (χ2v) is 8.88. The number of amides is 1. The Bertz CT molecular complexity index is 856. The van der Waals surface area contributed by atoms with Crippen LogP contribution in [0.15, 0.2) is 30.3 Å². The van der Waals surface area contributed by atoms with Crippen molar-refractivity contribution in [2.45, 2.75) is 57.3 Å². The van der Waals surface area contributed by atoms with Crippen LogP contribution in [-0.2, 0) is 23.1 Å². The van der Waals surface area contributed by atoms with Crippen molar-refractivity contribution in [2.24, 2.45) is 5.92 Å². The van der Waals surface area contributed by atoms with Crippen molar-refractivity contribution >= 4 is 22.2 Å². The predicted molar refractivity (Wildman–Crippen MR) is 105 cm³/mol. The number of carbonyl (C=O) groups is 1. The first-order valence-electron chi connectivity index (χ1n) is 9.55. The fourth-order valence-electron chi connectivity index (χ4n) is 4.56. The van der Waals surface area contributed by atoms with E-state index in [1.807, 2.05) is 18.2 Å². The molecule has 0 spiro atoms. The molecule has 0 unspecified atom stereocenters. The van der Waals surface area contributed by atoms with Crippen molar-refractivity contribution < 1.29 is 4.79 Å². The smallest absolute Gasteiger partial charge is 0.235 e. The van der Waals surface area contributed by atoms with Crippen LogP contribution in [0.4, 0.5) is 5.00 Å². The fraction of sp³-hybridized carbons (Fsp3) is 0.455. The van der Waals surface area contributed by atoms with E-state index in [0.29, 0.717) is 11.5 Å². The van der Waals surface area contributed by atoms with Crippen LogP contribution in [0.3, 0.4) is 0 Å². The third-order valence-corrected chi connectivity index (χ3v) is 7.24. The number of carbonyl (C=O) groups excluding carboxylic acids is 1. The van der Waals surface area contributed by atoms with Crippen LogP contribution in [0, 0.1) is 17.2 Å². The van der Waals surface area contributed by atoms with Gasteiger partial charge in [-0.2, -0.15) is 5.26 Å². The summed E-state index contributed by atoms with van der Waals surface area (Å²) in [7, 11) is 0. The average Bonchev–Trinajstić information content (AvgIpc) is 3.27. The maximum Gasteiger partial charge on any atom is 0.235 e. The Morgan fingerprint density at radius 3 is 2.69 bits per heavy atom. The van der Waals surface area contributed by atoms with E-state index >= 15 is 0 Å². The molecule has 1 aromatic carbocycles. The SMILES string of the molecule is C[C@@H]1CCc2c(sc(NC(=O)C3(c4ccccc4)CCCC3)c2C#N)C1. The Hall–Kier alpha value is -2.12. The number of benzene rings is 1. The van der Waals surface area contributed by atoms with Gasteiger partial charge in [0.05, 0.1) is 11.0 Å². The minimum Gasteiger partial charge on any atom is -0.316 e. The van der Waals surface area contributed by atoms with Gasteiger partial charge in [-0.15, -0.1) is 11.3 Å². The number of anilines is 1. The Labute approximate surface area is 159 Å². The van der Waals surface area contributed by atoms with Crippen LogP contribution < -0.4 is 5.32 Å². The van der Waals surface area contributed by atoms with E-state index in [4.69, 9.17) is 0 Å². The lowest BCUT2D eigenvalue weighted by Crippen LogP contribution is -2.37. The Morgan fingerprint density at radius 1 is 1.27 bits per heavy atom.